The third kappa shape index (κ3) is 4.05. The summed E-state index contributed by atoms with van der Waals surface area (Å²) in [4.78, 5) is 22.1. The fourth-order valence-corrected chi connectivity index (χ4v) is 2.62. The number of nitrogens with one attached hydrogen (secondary N) is 1. The van der Waals surface area contributed by atoms with Gasteiger partial charge >= 0.3 is 0 Å². The fourth-order valence-electron chi connectivity index (χ4n) is 2.62. The van der Waals surface area contributed by atoms with Crippen LogP contribution in [0.1, 0.15) is 37.7 Å². The number of benzene rings is 1. The van der Waals surface area contributed by atoms with Crippen molar-refractivity contribution in [3.05, 3.63) is 39.9 Å². The molecule has 20 heavy (non-hydrogen) atoms. The lowest BCUT2D eigenvalue weighted by atomic mass is 9.88. The number of rotatable bonds is 5. The van der Waals surface area contributed by atoms with Crippen LogP contribution in [0.25, 0.3) is 0 Å². The zero-order valence-corrected chi connectivity index (χ0v) is 11.5. The highest BCUT2D eigenvalue weighted by Gasteiger charge is 2.20. The molecular weight excluding hydrogens is 256 g/mol. The minimum atomic E-state index is -0.408. The van der Waals surface area contributed by atoms with Crippen LogP contribution in [0.2, 0.25) is 0 Å². The molecule has 0 unspecified atom stereocenters. The minimum absolute atomic E-state index is 0.0972. The quantitative estimate of drug-likeness (QED) is 0.664. The monoisotopic (exact) mass is 276 g/mol. The number of non-ortho nitro benzene ring substituents is 1. The van der Waals surface area contributed by atoms with E-state index in [2.05, 4.69) is 5.32 Å². The lowest BCUT2D eigenvalue weighted by molar-refractivity contribution is -0.384. The van der Waals surface area contributed by atoms with Crippen LogP contribution in [0.5, 0.6) is 0 Å². The second kappa shape index (κ2) is 7.03. The summed E-state index contributed by atoms with van der Waals surface area (Å²) in [6, 6.07) is 6.48. The molecule has 5 nitrogen and oxygen atoms in total. The van der Waals surface area contributed by atoms with Gasteiger partial charge in [0.25, 0.3) is 5.69 Å². The van der Waals surface area contributed by atoms with Crippen molar-refractivity contribution in [2.75, 3.05) is 6.54 Å². The first-order valence-electron chi connectivity index (χ1n) is 7.18. The van der Waals surface area contributed by atoms with Gasteiger partial charge < -0.3 is 5.32 Å². The van der Waals surface area contributed by atoms with E-state index in [-0.39, 0.29) is 17.5 Å². The highest BCUT2D eigenvalue weighted by Crippen LogP contribution is 2.23. The minimum Gasteiger partial charge on any atom is -0.356 e. The van der Waals surface area contributed by atoms with E-state index in [1.165, 1.54) is 18.6 Å². The Hall–Kier alpha value is -1.91. The summed E-state index contributed by atoms with van der Waals surface area (Å²) in [6.45, 7) is 0.590. The standard InChI is InChI=1S/C15H20N2O3/c18-15(13-4-2-1-3-5-13)16-11-10-12-6-8-14(9-7-12)17(19)20/h6-9,13H,1-5,10-11H2,(H,16,18). The summed E-state index contributed by atoms with van der Waals surface area (Å²) in [6.07, 6.45) is 6.26. The molecule has 1 saturated carbocycles. The van der Waals surface area contributed by atoms with Gasteiger partial charge in [0.2, 0.25) is 5.91 Å². The third-order valence-electron chi connectivity index (χ3n) is 3.84. The average molecular weight is 276 g/mol. The number of hydrogen-bond acceptors (Lipinski definition) is 3. The van der Waals surface area contributed by atoms with Gasteiger partial charge in [-0.1, -0.05) is 31.4 Å². The van der Waals surface area contributed by atoms with E-state index in [0.29, 0.717) is 13.0 Å². The predicted molar refractivity (Wildman–Crippen MR) is 76.4 cm³/mol. The van der Waals surface area contributed by atoms with Crippen LogP contribution >= 0.6 is 0 Å². The van der Waals surface area contributed by atoms with Gasteiger partial charge in [0.1, 0.15) is 0 Å². The molecule has 108 valence electrons. The molecule has 1 amide bonds. The van der Waals surface area contributed by atoms with Crippen LogP contribution in [0.4, 0.5) is 5.69 Å². The molecular formula is C15H20N2O3. The molecule has 0 radical (unpaired) electrons. The number of hydrogen-bond donors (Lipinski definition) is 1. The molecule has 0 aliphatic heterocycles. The Bertz CT molecular complexity index is 465. The number of nitro benzene ring substituents is 1. The summed E-state index contributed by atoms with van der Waals surface area (Å²) in [5, 5.41) is 13.5. The van der Waals surface area contributed by atoms with Gasteiger partial charge in [0.15, 0.2) is 0 Å². The number of carbonyl (C=O) groups excluding carboxylic acids is 1. The SMILES string of the molecule is O=C(NCCc1ccc([N+](=O)[O-])cc1)C1CCCCC1. The summed E-state index contributed by atoms with van der Waals surface area (Å²) in [5.41, 5.74) is 1.10. The highest BCUT2D eigenvalue weighted by atomic mass is 16.6. The Kier molecular flexibility index (Phi) is 5.09. The van der Waals surface area contributed by atoms with Crippen molar-refractivity contribution in [1.82, 2.24) is 5.32 Å². The lowest BCUT2D eigenvalue weighted by Crippen LogP contribution is -2.33. The van der Waals surface area contributed by atoms with Crippen LogP contribution in [0.3, 0.4) is 0 Å². The van der Waals surface area contributed by atoms with Crippen LogP contribution in [0, 0.1) is 16.0 Å². The smallest absolute Gasteiger partial charge is 0.269 e. The zero-order valence-electron chi connectivity index (χ0n) is 11.5. The molecule has 0 atom stereocenters. The molecule has 0 bridgehead atoms. The van der Waals surface area contributed by atoms with Gasteiger partial charge in [0, 0.05) is 24.6 Å². The molecule has 0 heterocycles. The van der Waals surface area contributed by atoms with E-state index in [0.717, 1.165) is 31.2 Å². The Morgan fingerprint density at radius 3 is 2.45 bits per heavy atom. The second-order valence-corrected chi connectivity index (χ2v) is 5.30. The maximum absolute atomic E-state index is 11.9. The summed E-state index contributed by atoms with van der Waals surface area (Å²) in [5.74, 6) is 0.340. The fraction of sp³-hybridized carbons (Fsp3) is 0.533. The molecule has 2 rings (SSSR count). The first-order valence-corrected chi connectivity index (χ1v) is 7.18. The van der Waals surface area contributed by atoms with Crippen molar-refractivity contribution < 1.29 is 9.72 Å². The first-order chi connectivity index (χ1) is 9.66. The Balaban J connectivity index is 1.74. The van der Waals surface area contributed by atoms with Crippen molar-refractivity contribution in [3.8, 4) is 0 Å². The zero-order chi connectivity index (χ0) is 14.4. The molecule has 1 aliphatic rings. The molecule has 1 aromatic carbocycles. The average Bonchev–Trinajstić information content (AvgIpc) is 2.48. The van der Waals surface area contributed by atoms with Crippen molar-refractivity contribution in [2.45, 2.75) is 38.5 Å². The van der Waals surface area contributed by atoms with Gasteiger partial charge in [0.05, 0.1) is 4.92 Å². The van der Waals surface area contributed by atoms with Crippen LogP contribution in [-0.2, 0) is 11.2 Å². The highest BCUT2D eigenvalue weighted by molar-refractivity contribution is 5.78. The van der Waals surface area contributed by atoms with Gasteiger partial charge in [-0.2, -0.15) is 0 Å². The first kappa shape index (κ1) is 14.5. The van der Waals surface area contributed by atoms with Crippen molar-refractivity contribution in [2.24, 2.45) is 5.92 Å². The van der Waals surface area contributed by atoms with Crippen LogP contribution < -0.4 is 5.32 Å². The molecule has 1 aromatic rings. The maximum Gasteiger partial charge on any atom is 0.269 e. The predicted octanol–water partition coefficient (Wildman–Crippen LogP) is 2.83. The third-order valence-corrected chi connectivity index (χ3v) is 3.84. The lowest BCUT2D eigenvalue weighted by Gasteiger charge is -2.20. The summed E-state index contributed by atoms with van der Waals surface area (Å²) in [7, 11) is 0. The normalized spacial score (nSPS) is 15.8. The molecule has 0 aromatic heterocycles. The number of nitrogens with zero attached hydrogens (tertiary/aromatic N) is 1. The molecule has 0 spiro atoms. The van der Waals surface area contributed by atoms with E-state index >= 15 is 0 Å². The Morgan fingerprint density at radius 2 is 1.85 bits per heavy atom. The van der Waals surface area contributed by atoms with Crippen molar-refractivity contribution in [3.63, 3.8) is 0 Å². The van der Waals surface area contributed by atoms with Crippen molar-refractivity contribution in [1.29, 1.82) is 0 Å². The van der Waals surface area contributed by atoms with Gasteiger partial charge in [-0.25, -0.2) is 0 Å². The molecule has 5 heteroatoms. The van der Waals surface area contributed by atoms with Gasteiger partial charge in [-0.15, -0.1) is 0 Å². The summed E-state index contributed by atoms with van der Waals surface area (Å²) < 4.78 is 0. The van der Waals surface area contributed by atoms with E-state index in [9.17, 15) is 14.9 Å². The van der Waals surface area contributed by atoms with E-state index in [1.54, 1.807) is 12.1 Å². The molecule has 1 fully saturated rings. The number of nitro groups is 1. The van der Waals surface area contributed by atoms with Gasteiger partial charge in [-0.05, 0) is 24.8 Å². The summed E-state index contributed by atoms with van der Waals surface area (Å²) >= 11 is 0. The number of carbonyl (C=O) groups is 1. The maximum atomic E-state index is 11.9. The number of amides is 1. The van der Waals surface area contributed by atoms with Gasteiger partial charge in [-0.3, -0.25) is 14.9 Å². The Morgan fingerprint density at radius 1 is 1.20 bits per heavy atom. The second-order valence-electron chi connectivity index (χ2n) is 5.30. The topological polar surface area (TPSA) is 72.2 Å². The molecule has 1 aliphatic carbocycles. The van der Waals surface area contributed by atoms with Crippen molar-refractivity contribution >= 4 is 11.6 Å². The molecule has 1 N–H and O–H groups in total. The largest absolute Gasteiger partial charge is 0.356 e. The van der Waals surface area contributed by atoms with Crippen LogP contribution in [0.15, 0.2) is 24.3 Å². The van der Waals surface area contributed by atoms with E-state index in [4.69, 9.17) is 0 Å². The van der Waals surface area contributed by atoms with Crippen LogP contribution in [-0.4, -0.2) is 17.4 Å². The van der Waals surface area contributed by atoms with E-state index in [1.807, 2.05) is 0 Å². The van der Waals surface area contributed by atoms with E-state index < -0.39 is 4.92 Å². The molecule has 0 saturated heterocycles. The Labute approximate surface area is 118 Å².